The van der Waals surface area contributed by atoms with Crippen molar-refractivity contribution in [2.75, 3.05) is 7.05 Å². The summed E-state index contributed by atoms with van der Waals surface area (Å²) in [6, 6.07) is 9.84. The Hall–Kier alpha value is -2.14. The van der Waals surface area contributed by atoms with E-state index in [2.05, 4.69) is 17.3 Å². The van der Waals surface area contributed by atoms with Gasteiger partial charge < -0.3 is 11.1 Å². The molecule has 0 spiro atoms. The van der Waals surface area contributed by atoms with Gasteiger partial charge in [0.1, 0.15) is 5.69 Å². The van der Waals surface area contributed by atoms with Crippen molar-refractivity contribution in [3.63, 3.8) is 0 Å². The summed E-state index contributed by atoms with van der Waals surface area (Å²) in [6.45, 7) is 2.08. The Labute approximate surface area is 106 Å². The van der Waals surface area contributed by atoms with Crippen LogP contribution >= 0.6 is 0 Å². The molecule has 1 heterocycles. The molecular weight excluding hydrogens is 228 g/mol. The van der Waals surface area contributed by atoms with E-state index in [4.69, 9.17) is 5.73 Å². The SMILES string of the molecule is CNC(C)c1cccc(-n2ccc(C(N)=O)n2)c1. The van der Waals surface area contributed by atoms with Crippen LogP contribution in [0.15, 0.2) is 36.5 Å². The first-order chi connectivity index (χ1) is 8.61. The van der Waals surface area contributed by atoms with Crippen molar-refractivity contribution in [3.05, 3.63) is 47.8 Å². The minimum absolute atomic E-state index is 0.260. The first-order valence-corrected chi connectivity index (χ1v) is 5.75. The third kappa shape index (κ3) is 2.41. The van der Waals surface area contributed by atoms with E-state index in [9.17, 15) is 4.79 Å². The fourth-order valence-corrected chi connectivity index (χ4v) is 1.70. The first kappa shape index (κ1) is 12.3. The number of nitrogens with zero attached hydrogens (tertiary/aromatic N) is 2. The Bertz CT molecular complexity index is 562. The largest absolute Gasteiger partial charge is 0.364 e. The summed E-state index contributed by atoms with van der Waals surface area (Å²) >= 11 is 0. The molecule has 2 rings (SSSR count). The van der Waals surface area contributed by atoms with Crippen LogP contribution in [0.3, 0.4) is 0 Å². The number of hydrogen-bond donors (Lipinski definition) is 2. The van der Waals surface area contributed by atoms with Gasteiger partial charge in [-0.25, -0.2) is 4.68 Å². The van der Waals surface area contributed by atoms with Crippen molar-refractivity contribution < 1.29 is 4.79 Å². The summed E-state index contributed by atoms with van der Waals surface area (Å²) in [5.74, 6) is -0.520. The van der Waals surface area contributed by atoms with Gasteiger partial charge in [-0.3, -0.25) is 4.79 Å². The standard InChI is InChI=1S/C13H16N4O/c1-9(15-2)10-4-3-5-11(8-10)17-7-6-12(16-17)13(14)18/h3-9,15H,1-2H3,(H2,14,18). The molecule has 1 aromatic heterocycles. The molecule has 1 unspecified atom stereocenters. The molecule has 0 fully saturated rings. The zero-order valence-electron chi connectivity index (χ0n) is 10.4. The topological polar surface area (TPSA) is 72.9 Å². The lowest BCUT2D eigenvalue weighted by molar-refractivity contribution is 0.0995. The molecule has 0 aliphatic heterocycles. The third-order valence-electron chi connectivity index (χ3n) is 2.91. The Morgan fingerprint density at radius 3 is 2.83 bits per heavy atom. The molecule has 5 heteroatoms. The lowest BCUT2D eigenvalue weighted by Crippen LogP contribution is -2.13. The smallest absolute Gasteiger partial charge is 0.269 e. The van der Waals surface area contributed by atoms with Gasteiger partial charge >= 0.3 is 0 Å². The van der Waals surface area contributed by atoms with E-state index >= 15 is 0 Å². The molecule has 94 valence electrons. The highest BCUT2D eigenvalue weighted by Crippen LogP contribution is 2.16. The van der Waals surface area contributed by atoms with Gasteiger partial charge in [0.15, 0.2) is 0 Å². The summed E-state index contributed by atoms with van der Waals surface area (Å²) in [5.41, 5.74) is 7.51. The molecule has 2 aromatic rings. The number of hydrogen-bond acceptors (Lipinski definition) is 3. The molecule has 0 aliphatic rings. The van der Waals surface area contributed by atoms with Crippen LogP contribution in [0.5, 0.6) is 0 Å². The van der Waals surface area contributed by atoms with E-state index in [0.717, 1.165) is 11.3 Å². The second-order valence-corrected chi connectivity index (χ2v) is 4.12. The molecule has 0 saturated carbocycles. The second-order valence-electron chi connectivity index (χ2n) is 4.12. The van der Waals surface area contributed by atoms with E-state index in [1.54, 1.807) is 16.9 Å². The van der Waals surface area contributed by atoms with Crippen molar-refractivity contribution in [1.82, 2.24) is 15.1 Å². The third-order valence-corrected chi connectivity index (χ3v) is 2.91. The van der Waals surface area contributed by atoms with Crippen molar-refractivity contribution >= 4 is 5.91 Å². The van der Waals surface area contributed by atoms with Gasteiger partial charge in [-0.05, 0) is 37.7 Å². The Morgan fingerprint density at radius 1 is 1.44 bits per heavy atom. The number of primary amides is 1. The predicted molar refractivity (Wildman–Crippen MR) is 69.6 cm³/mol. The van der Waals surface area contributed by atoms with Crippen LogP contribution < -0.4 is 11.1 Å². The fraction of sp³-hybridized carbons (Fsp3) is 0.231. The van der Waals surface area contributed by atoms with Gasteiger partial charge in [0, 0.05) is 12.2 Å². The summed E-state index contributed by atoms with van der Waals surface area (Å²) < 4.78 is 1.64. The molecule has 0 bridgehead atoms. The molecule has 5 nitrogen and oxygen atoms in total. The highest BCUT2D eigenvalue weighted by Gasteiger charge is 2.07. The Morgan fingerprint density at radius 2 is 2.22 bits per heavy atom. The number of carbonyl (C=O) groups excluding carboxylic acids is 1. The molecule has 18 heavy (non-hydrogen) atoms. The van der Waals surface area contributed by atoms with E-state index in [0.29, 0.717) is 0 Å². The first-order valence-electron chi connectivity index (χ1n) is 5.75. The summed E-state index contributed by atoms with van der Waals surface area (Å²) in [7, 11) is 1.91. The summed E-state index contributed by atoms with van der Waals surface area (Å²) in [6.07, 6.45) is 1.73. The minimum Gasteiger partial charge on any atom is -0.364 e. The van der Waals surface area contributed by atoms with Crippen LogP contribution in [0, 0.1) is 0 Å². The lowest BCUT2D eigenvalue weighted by atomic mass is 10.1. The van der Waals surface area contributed by atoms with Gasteiger partial charge in [-0.1, -0.05) is 12.1 Å². The normalized spacial score (nSPS) is 12.3. The fourth-order valence-electron chi connectivity index (χ4n) is 1.70. The maximum Gasteiger partial charge on any atom is 0.269 e. The van der Waals surface area contributed by atoms with E-state index < -0.39 is 5.91 Å². The molecule has 1 amide bonds. The quantitative estimate of drug-likeness (QED) is 0.850. The number of nitrogens with two attached hydrogens (primary N) is 1. The van der Waals surface area contributed by atoms with Crippen LogP contribution in [0.4, 0.5) is 0 Å². The van der Waals surface area contributed by atoms with Gasteiger partial charge in [0.05, 0.1) is 5.69 Å². The van der Waals surface area contributed by atoms with Crippen molar-refractivity contribution in [2.45, 2.75) is 13.0 Å². The molecule has 0 radical (unpaired) electrons. The van der Waals surface area contributed by atoms with E-state index in [-0.39, 0.29) is 11.7 Å². The number of benzene rings is 1. The van der Waals surface area contributed by atoms with Gasteiger partial charge in [0.25, 0.3) is 5.91 Å². The average molecular weight is 244 g/mol. The van der Waals surface area contributed by atoms with Crippen molar-refractivity contribution in [3.8, 4) is 5.69 Å². The number of amides is 1. The number of aromatic nitrogens is 2. The van der Waals surface area contributed by atoms with Crippen LogP contribution in [0.1, 0.15) is 29.0 Å². The van der Waals surface area contributed by atoms with Gasteiger partial charge in [0.2, 0.25) is 0 Å². The second kappa shape index (κ2) is 5.01. The number of nitrogens with one attached hydrogen (secondary N) is 1. The van der Waals surface area contributed by atoms with E-state index in [1.807, 2.05) is 31.3 Å². The monoisotopic (exact) mass is 244 g/mol. The lowest BCUT2D eigenvalue weighted by Gasteiger charge is -2.11. The number of carbonyl (C=O) groups is 1. The maximum atomic E-state index is 11.0. The molecule has 1 atom stereocenters. The zero-order valence-corrected chi connectivity index (χ0v) is 10.4. The summed E-state index contributed by atoms with van der Waals surface area (Å²) in [4.78, 5) is 11.0. The molecule has 0 aliphatic carbocycles. The Kier molecular flexibility index (Phi) is 3.43. The van der Waals surface area contributed by atoms with Crippen molar-refractivity contribution in [2.24, 2.45) is 5.73 Å². The maximum absolute atomic E-state index is 11.0. The summed E-state index contributed by atoms with van der Waals surface area (Å²) in [5, 5.41) is 7.31. The van der Waals surface area contributed by atoms with Crippen LogP contribution in [-0.4, -0.2) is 22.7 Å². The zero-order chi connectivity index (χ0) is 13.1. The molecule has 1 aromatic carbocycles. The molecule has 0 saturated heterocycles. The van der Waals surface area contributed by atoms with Crippen LogP contribution in [0.2, 0.25) is 0 Å². The predicted octanol–water partition coefficient (Wildman–Crippen LogP) is 1.25. The highest BCUT2D eigenvalue weighted by molar-refractivity contribution is 5.90. The van der Waals surface area contributed by atoms with Gasteiger partial charge in [-0.2, -0.15) is 5.10 Å². The van der Waals surface area contributed by atoms with Crippen LogP contribution in [-0.2, 0) is 0 Å². The van der Waals surface area contributed by atoms with Gasteiger partial charge in [-0.15, -0.1) is 0 Å². The minimum atomic E-state index is -0.520. The number of rotatable bonds is 4. The average Bonchev–Trinajstić information content (AvgIpc) is 2.88. The Balaban J connectivity index is 2.35. The molecular formula is C13H16N4O. The van der Waals surface area contributed by atoms with Crippen molar-refractivity contribution in [1.29, 1.82) is 0 Å². The molecule has 3 N–H and O–H groups in total. The van der Waals surface area contributed by atoms with E-state index in [1.165, 1.54) is 0 Å². The highest BCUT2D eigenvalue weighted by atomic mass is 16.1. The van der Waals surface area contributed by atoms with Crippen LogP contribution in [0.25, 0.3) is 5.69 Å².